The summed E-state index contributed by atoms with van der Waals surface area (Å²) in [5, 5.41) is 9.75. The minimum absolute atomic E-state index is 0.106. The van der Waals surface area contributed by atoms with E-state index >= 15 is 0 Å². The van der Waals surface area contributed by atoms with E-state index in [1.165, 1.54) is 0 Å². The molecule has 8 nitrogen and oxygen atoms in total. The predicted molar refractivity (Wildman–Crippen MR) is 121 cm³/mol. The summed E-state index contributed by atoms with van der Waals surface area (Å²) in [4.78, 5) is 34.3. The molecule has 1 fully saturated rings. The first-order chi connectivity index (χ1) is 15.0. The Hall–Kier alpha value is -3.13. The van der Waals surface area contributed by atoms with E-state index in [1.54, 1.807) is 29.3 Å². The monoisotopic (exact) mass is 442 g/mol. The van der Waals surface area contributed by atoms with Crippen molar-refractivity contribution < 1.29 is 9.59 Å². The number of carbonyl (C=O) groups is 2. The summed E-state index contributed by atoms with van der Waals surface area (Å²) in [6, 6.07) is 11.1. The van der Waals surface area contributed by atoms with E-state index in [1.807, 2.05) is 25.1 Å². The minimum Gasteiger partial charge on any atom is -0.357 e. The van der Waals surface area contributed by atoms with E-state index in [9.17, 15) is 9.59 Å². The summed E-state index contributed by atoms with van der Waals surface area (Å²) in [6.07, 6.45) is 2.58. The summed E-state index contributed by atoms with van der Waals surface area (Å²) in [5.41, 5.74) is 2.66. The zero-order valence-corrected chi connectivity index (χ0v) is 18.3. The van der Waals surface area contributed by atoms with Crippen molar-refractivity contribution in [1.82, 2.24) is 25.8 Å². The Labute approximate surface area is 187 Å². The number of aliphatic imine (C=N–C) groups is 1. The van der Waals surface area contributed by atoms with Crippen molar-refractivity contribution in [2.45, 2.75) is 19.9 Å². The molecule has 1 aromatic heterocycles. The number of amides is 2. The van der Waals surface area contributed by atoms with Crippen LogP contribution in [0.1, 0.15) is 28.4 Å². The van der Waals surface area contributed by atoms with Crippen molar-refractivity contribution in [1.29, 1.82) is 0 Å². The maximum atomic E-state index is 12.5. The molecule has 31 heavy (non-hydrogen) atoms. The standard InChI is InChI=1S/C22H27ClN6O2/c1-2-24-22(26-10-9-17-5-8-19(23)27-13-17)28-14-16-3-6-18(7-4-16)21(31)29-12-11-25-20(30)15-29/h3-8,13H,2,9-12,14-15H2,1H3,(H,25,30)(H2,24,26,28). The highest BCUT2D eigenvalue weighted by molar-refractivity contribution is 6.29. The van der Waals surface area contributed by atoms with Crippen molar-refractivity contribution in [2.75, 3.05) is 32.7 Å². The van der Waals surface area contributed by atoms with Gasteiger partial charge in [-0.2, -0.15) is 0 Å². The van der Waals surface area contributed by atoms with Crippen molar-refractivity contribution in [3.05, 3.63) is 64.4 Å². The lowest BCUT2D eigenvalue weighted by Gasteiger charge is -2.26. The van der Waals surface area contributed by atoms with E-state index in [2.05, 4.69) is 25.9 Å². The molecule has 0 atom stereocenters. The third kappa shape index (κ3) is 6.96. The molecule has 1 aliphatic heterocycles. The Balaban J connectivity index is 1.53. The number of nitrogens with one attached hydrogen (secondary N) is 3. The van der Waals surface area contributed by atoms with E-state index in [-0.39, 0.29) is 18.4 Å². The number of nitrogens with zero attached hydrogens (tertiary/aromatic N) is 3. The Bertz CT molecular complexity index is 915. The third-order valence-corrected chi connectivity index (χ3v) is 5.01. The number of piperazine rings is 1. The minimum atomic E-state index is -0.128. The third-order valence-electron chi connectivity index (χ3n) is 4.79. The van der Waals surface area contributed by atoms with Crippen LogP contribution in [0.4, 0.5) is 0 Å². The zero-order valence-electron chi connectivity index (χ0n) is 17.5. The van der Waals surface area contributed by atoms with Gasteiger partial charge in [-0.05, 0) is 42.7 Å². The highest BCUT2D eigenvalue weighted by atomic mass is 35.5. The van der Waals surface area contributed by atoms with Crippen molar-refractivity contribution in [2.24, 2.45) is 4.99 Å². The molecule has 0 bridgehead atoms. The molecule has 0 unspecified atom stereocenters. The van der Waals surface area contributed by atoms with Gasteiger partial charge >= 0.3 is 0 Å². The summed E-state index contributed by atoms with van der Waals surface area (Å²) in [7, 11) is 0. The molecule has 2 aromatic rings. The van der Waals surface area contributed by atoms with Gasteiger partial charge in [-0.1, -0.05) is 29.8 Å². The number of halogens is 1. The Morgan fingerprint density at radius 3 is 2.65 bits per heavy atom. The first-order valence-corrected chi connectivity index (χ1v) is 10.7. The molecule has 9 heteroatoms. The maximum absolute atomic E-state index is 12.5. The molecule has 0 spiro atoms. The number of hydrogen-bond donors (Lipinski definition) is 3. The number of pyridine rings is 1. The normalized spacial score (nSPS) is 14.2. The van der Waals surface area contributed by atoms with E-state index in [4.69, 9.17) is 11.6 Å². The van der Waals surface area contributed by atoms with Crippen LogP contribution >= 0.6 is 11.6 Å². The average Bonchev–Trinajstić information content (AvgIpc) is 2.78. The van der Waals surface area contributed by atoms with Gasteiger partial charge in [0.1, 0.15) is 5.15 Å². The molecule has 3 rings (SSSR count). The van der Waals surface area contributed by atoms with Crippen molar-refractivity contribution in [3.63, 3.8) is 0 Å². The molecule has 2 amide bonds. The second-order valence-corrected chi connectivity index (χ2v) is 7.52. The quantitative estimate of drug-likeness (QED) is 0.344. The molecule has 2 heterocycles. The van der Waals surface area contributed by atoms with Crippen LogP contribution in [-0.4, -0.2) is 60.4 Å². The number of benzene rings is 1. The average molecular weight is 443 g/mol. The molecular formula is C22H27ClN6O2. The fourth-order valence-corrected chi connectivity index (χ4v) is 3.25. The van der Waals surface area contributed by atoms with Crippen molar-refractivity contribution >= 4 is 29.4 Å². The van der Waals surface area contributed by atoms with Gasteiger partial charge in [0.25, 0.3) is 5.91 Å². The lowest BCUT2D eigenvalue weighted by molar-refractivity contribution is -0.123. The number of aromatic nitrogens is 1. The van der Waals surface area contributed by atoms with Crippen molar-refractivity contribution in [3.8, 4) is 0 Å². The fraction of sp³-hybridized carbons (Fsp3) is 0.364. The molecule has 0 aliphatic carbocycles. The number of carbonyl (C=O) groups excluding carboxylic acids is 2. The molecule has 164 valence electrons. The van der Waals surface area contributed by atoms with Crippen LogP contribution in [-0.2, 0) is 17.8 Å². The number of hydrogen-bond acceptors (Lipinski definition) is 4. The molecule has 3 N–H and O–H groups in total. The van der Waals surface area contributed by atoms with Gasteiger partial charge in [0.05, 0.1) is 13.1 Å². The highest BCUT2D eigenvalue weighted by Gasteiger charge is 2.22. The molecule has 1 aliphatic rings. The van der Waals surface area contributed by atoms with Gasteiger partial charge in [0.15, 0.2) is 5.96 Å². The number of rotatable bonds is 7. The van der Waals surface area contributed by atoms with Crippen LogP contribution in [0.3, 0.4) is 0 Å². The van der Waals surface area contributed by atoms with Crippen LogP contribution in [0, 0.1) is 0 Å². The van der Waals surface area contributed by atoms with Crippen LogP contribution < -0.4 is 16.0 Å². The van der Waals surface area contributed by atoms with Crippen LogP contribution in [0.5, 0.6) is 0 Å². The topological polar surface area (TPSA) is 98.7 Å². The molecule has 0 radical (unpaired) electrons. The summed E-state index contributed by atoms with van der Waals surface area (Å²) >= 11 is 5.82. The van der Waals surface area contributed by atoms with Gasteiger partial charge in [-0.3, -0.25) is 9.59 Å². The second-order valence-electron chi connectivity index (χ2n) is 7.13. The molecule has 1 saturated heterocycles. The SMILES string of the molecule is CCNC(=NCc1ccc(C(=O)N2CCNC(=O)C2)cc1)NCCc1ccc(Cl)nc1. The first-order valence-electron chi connectivity index (χ1n) is 10.3. The Morgan fingerprint density at radius 1 is 1.19 bits per heavy atom. The molecule has 0 saturated carbocycles. The van der Waals surface area contributed by atoms with E-state index < -0.39 is 0 Å². The highest BCUT2D eigenvalue weighted by Crippen LogP contribution is 2.10. The van der Waals surface area contributed by atoms with Gasteiger partial charge in [0.2, 0.25) is 5.91 Å². The van der Waals surface area contributed by atoms with Crippen LogP contribution in [0.25, 0.3) is 0 Å². The fourth-order valence-electron chi connectivity index (χ4n) is 3.14. The Morgan fingerprint density at radius 2 is 1.97 bits per heavy atom. The van der Waals surface area contributed by atoms with Gasteiger partial charge in [-0.15, -0.1) is 0 Å². The maximum Gasteiger partial charge on any atom is 0.254 e. The summed E-state index contributed by atoms with van der Waals surface area (Å²) < 4.78 is 0. The second kappa shape index (κ2) is 11.3. The lowest BCUT2D eigenvalue weighted by Crippen LogP contribution is -2.49. The van der Waals surface area contributed by atoms with Gasteiger partial charge in [0, 0.05) is 37.9 Å². The van der Waals surface area contributed by atoms with Crippen LogP contribution in [0.15, 0.2) is 47.6 Å². The predicted octanol–water partition coefficient (Wildman–Crippen LogP) is 1.60. The summed E-state index contributed by atoms with van der Waals surface area (Å²) in [5.74, 6) is 0.474. The van der Waals surface area contributed by atoms with Gasteiger partial charge < -0.3 is 20.9 Å². The van der Waals surface area contributed by atoms with E-state index in [0.717, 1.165) is 30.1 Å². The zero-order chi connectivity index (χ0) is 22.1. The smallest absolute Gasteiger partial charge is 0.254 e. The molecular weight excluding hydrogens is 416 g/mol. The summed E-state index contributed by atoms with van der Waals surface area (Å²) in [6.45, 7) is 5.10. The largest absolute Gasteiger partial charge is 0.357 e. The first kappa shape index (κ1) is 22.6. The number of guanidine groups is 1. The van der Waals surface area contributed by atoms with E-state index in [0.29, 0.717) is 36.9 Å². The van der Waals surface area contributed by atoms with Gasteiger partial charge in [-0.25, -0.2) is 9.98 Å². The van der Waals surface area contributed by atoms with Crippen LogP contribution in [0.2, 0.25) is 5.15 Å². The lowest BCUT2D eigenvalue weighted by atomic mass is 10.1. The molecule has 1 aromatic carbocycles. The Kier molecular flexibility index (Phi) is 8.23.